The highest BCUT2D eigenvalue weighted by Crippen LogP contribution is 2.27. The van der Waals surface area contributed by atoms with E-state index in [1.165, 1.54) is 0 Å². The number of hydrogen-bond acceptors (Lipinski definition) is 4. The van der Waals surface area contributed by atoms with Crippen LogP contribution in [0.5, 0.6) is 0 Å². The molecule has 2 amide bonds. The van der Waals surface area contributed by atoms with Gasteiger partial charge >= 0.3 is 6.09 Å². The molecule has 6 nitrogen and oxygen atoms in total. The number of nitrogens with zero attached hydrogens (tertiary/aromatic N) is 2. The van der Waals surface area contributed by atoms with E-state index in [0.29, 0.717) is 11.4 Å². The zero-order valence-corrected chi connectivity index (χ0v) is 13.9. The van der Waals surface area contributed by atoms with Crippen LogP contribution < -0.4 is 5.32 Å². The van der Waals surface area contributed by atoms with Crippen LogP contribution in [0.25, 0.3) is 0 Å². The van der Waals surface area contributed by atoms with Crippen LogP contribution >= 0.6 is 0 Å². The molecule has 0 aliphatic rings. The lowest BCUT2D eigenvalue weighted by molar-refractivity contribution is -0.123. The molecule has 1 N–H and O–H groups in total. The van der Waals surface area contributed by atoms with Crippen molar-refractivity contribution in [3.63, 3.8) is 0 Å². The highest BCUT2D eigenvalue weighted by atomic mass is 16.6. The predicted octanol–water partition coefficient (Wildman–Crippen LogP) is 4.69. The number of azo groups is 1. The second-order valence-electron chi connectivity index (χ2n) is 6.90. The molecule has 120 valence electrons. The molecule has 0 aromatic heterocycles. The molecule has 0 aliphatic heterocycles. The molecule has 1 aromatic carbocycles. The Bertz CT molecular complexity index is 581. The minimum absolute atomic E-state index is 0.146. The fourth-order valence-corrected chi connectivity index (χ4v) is 1.35. The smallest absolute Gasteiger partial charge is 0.441 e. The van der Waals surface area contributed by atoms with Crippen LogP contribution in [-0.4, -0.2) is 17.6 Å². The standard InChI is InChI=1S/C16H23N3O3/c1-15(2,3)13(20)17-11-9-7-8-10-12(11)18-19-14(21)22-16(4,5)6/h7-10H,1-6H3,(H,17,20). The molecular formula is C16H23N3O3. The lowest BCUT2D eigenvalue weighted by Crippen LogP contribution is -2.27. The van der Waals surface area contributed by atoms with Crippen LogP contribution in [0.4, 0.5) is 16.2 Å². The van der Waals surface area contributed by atoms with E-state index in [0.717, 1.165) is 0 Å². The van der Waals surface area contributed by atoms with Crippen molar-refractivity contribution in [2.24, 2.45) is 15.6 Å². The summed E-state index contributed by atoms with van der Waals surface area (Å²) in [6.45, 7) is 10.7. The SMILES string of the molecule is CC(C)(C)OC(=O)N=Nc1ccccc1NC(=O)C(C)(C)C. The van der Waals surface area contributed by atoms with Gasteiger partial charge in [-0.25, -0.2) is 4.79 Å². The lowest BCUT2D eigenvalue weighted by Gasteiger charge is -2.18. The van der Waals surface area contributed by atoms with E-state index >= 15 is 0 Å². The maximum absolute atomic E-state index is 12.0. The third kappa shape index (κ3) is 6.03. The Morgan fingerprint density at radius 1 is 1.05 bits per heavy atom. The first-order valence-corrected chi connectivity index (χ1v) is 7.04. The predicted molar refractivity (Wildman–Crippen MR) is 85.3 cm³/mol. The molecule has 0 atom stereocenters. The molecule has 0 bridgehead atoms. The Labute approximate surface area is 131 Å². The summed E-state index contributed by atoms with van der Waals surface area (Å²) < 4.78 is 5.05. The average Bonchev–Trinajstić information content (AvgIpc) is 2.34. The van der Waals surface area contributed by atoms with Crippen molar-refractivity contribution in [1.29, 1.82) is 0 Å². The third-order valence-corrected chi connectivity index (χ3v) is 2.47. The largest absolute Gasteiger partial charge is 0.452 e. The number of carbonyl (C=O) groups is 2. The third-order valence-electron chi connectivity index (χ3n) is 2.47. The summed E-state index contributed by atoms with van der Waals surface area (Å²) in [5.41, 5.74) is -0.272. The Balaban J connectivity index is 2.89. The highest BCUT2D eigenvalue weighted by molar-refractivity contribution is 5.96. The zero-order valence-electron chi connectivity index (χ0n) is 13.9. The van der Waals surface area contributed by atoms with E-state index in [1.807, 2.05) is 20.8 Å². The lowest BCUT2D eigenvalue weighted by atomic mass is 9.95. The van der Waals surface area contributed by atoms with Crippen molar-refractivity contribution < 1.29 is 14.3 Å². The van der Waals surface area contributed by atoms with Crippen molar-refractivity contribution in [2.75, 3.05) is 5.32 Å². The van der Waals surface area contributed by atoms with E-state index in [4.69, 9.17) is 4.74 Å². The van der Waals surface area contributed by atoms with Crippen LogP contribution in [0.15, 0.2) is 34.5 Å². The molecular weight excluding hydrogens is 282 g/mol. The van der Waals surface area contributed by atoms with Gasteiger partial charge in [0.05, 0.1) is 5.69 Å². The van der Waals surface area contributed by atoms with Gasteiger partial charge in [-0.2, -0.15) is 0 Å². The van der Waals surface area contributed by atoms with Crippen molar-refractivity contribution in [3.8, 4) is 0 Å². The summed E-state index contributed by atoms with van der Waals surface area (Å²) in [4.78, 5) is 23.6. The van der Waals surface area contributed by atoms with Gasteiger partial charge in [-0.05, 0) is 32.9 Å². The summed E-state index contributed by atoms with van der Waals surface area (Å²) in [5.74, 6) is -0.146. The summed E-state index contributed by atoms with van der Waals surface area (Å²) in [6, 6.07) is 6.88. The number of rotatable bonds is 2. The average molecular weight is 305 g/mol. The number of ether oxygens (including phenoxy) is 1. The number of amides is 2. The fourth-order valence-electron chi connectivity index (χ4n) is 1.35. The van der Waals surface area contributed by atoms with Crippen LogP contribution in [-0.2, 0) is 9.53 Å². The van der Waals surface area contributed by atoms with Crippen LogP contribution in [0.3, 0.4) is 0 Å². The van der Waals surface area contributed by atoms with Crippen LogP contribution in [0, 0.1) is 5.41 Å². The molecule has 0 unspecified atom stereocenters. The first kappa shape index (κ1) is 17.8. The summed E-state index contributed by atoms with van der Waals surface area (Å²) >= 11 is 0. The number of anilines is 1. The van der Waals surface area contributed by atoms with Gasteiger partial charge < -0.3 is 10.1 Å². The van der Waals surface area contributed by atoms with Crippen molar-refractivity contribution in [2.45, 2.75) is 47.1 Å². The van der Waals surface area contributed by atoms with E-state index in [-0.39, 0.29) is 5.91 Å². The number of hydrogen-bond donors (Lipinski definition) is 1. The van der Waals surface area contributed by atoms with Gasteiger partial charge in [-0.15, -0.1) is 5.11 Å². The van der Waals surface area contributed by atoms with Crippen LogP contribution in [0.1, 0.15) is 41.5 Å². The number of nitrogens with one attached hydrogen (secondary N) is 1. The quantitative estimate of drug-likeness (QED) is 0.805. The molecule has 22 heavy (non-hydrogen) atoms. The molecule has 0 radical (unpaired) electrons. The van der Waals surface area contributed by atoms with Gasteiger partial charge in [0, 0.05) is 5.41 Å². The normalized spacial score (nSPS) is 12.3. The Kier molecular flexibility index (Phi) is 5.41. The minimum Gasteiger partial charge on any atom is -0.441 e. The van der Waals surface area contributed by atoms with Gasteiger partial charge in [0.1, 0.15) is 11.3 Å². The second kappa shape index (κ2) is 6.68. The van der Waals surface area contributed by atoms with E-state index in [2.05, 4.69) is 15.5 Å². The van der Waals surface area contributed by atoms with E-state index < -0.39 is 17.1 Å². The first-order chi connectivity index (χ1) is 9.99. The van der Waals surface area contributed by atoms with Crippen molar-refractivity contribution >= 4 is 23.4 Å². The van der Waals surface area contributed by atoms with Gasteiger partial charge in [-0.1, -0.05) is 38.0 Å². The summed E-state index contributed by atoms with van der Waals surface area (Å²) in [5, 5.41) is 10.2. The monoisotopic (exact) mass is 305 g/mol. The van der Waals surface area contributed by atoms with Gasteiger partial charge in [-0.3, -0.25) is 4.79 Å². The molecule has 0 saturated carbocycles. The molecule has 6 heteroatoms. The maximum Gasteiger partial charge on any atom is 0.452 e. The molecule has 1 aromatic rings. The Morgan fingerprint density at radius 3 is 2.18 bits per heavy atom. The topological polar surface area (TPSA) is 80.1 Å². The van der Waals surface area contributed by atoms with Gasteiger partial charge in [0.25, 0.3) is 0 Å². The van der Waals surface area contributed by atoms with Gasteiger partial charge in [0.15, 0.2) is 0 Å². The van der Waals surface area contributed by atoms with Gasteiger partial charge in [0.2, 0.25) is 5.91 Å². The summed E-state index contributed by atoms with van der Waals surface area (Å²) in [7, 11) is 0. The number of para-hydroxylation sites is 1. The van der Waals surface area contributed by atoms with Crippen molar-refractivity contribution in [3.05, 3.63) is 24.3 Å². The molecule has 0 saturated heterocycles. The Morgan fingerprint density at radius 2 is 1.64 bits per heavy atom. The second-order valence-corrected chi connectivity index (χ2v) is 6.90. The maximum atomic E-state index is 12.0. The van der Waals surface area contributed by atoms with E-state index in [1.54, 1.807) is 45.0 Å². The molecule has 1 rings (SSSR count). The van der Waals surface area contributed by atoms with E-state index in [9.17, 15) is 9.59 Å². The minimum atomic E-state index is -0.774. The highest BCUT2D eigenvalue weighted by Gasteiger charge is 2.22. The zero-order chi connectivity index (χ0) is 17.0. The number of carbonyl (C=O) groups excluding carboxylic acids is 2. The molecule has 0 aliphatic carbocycles. The molecule has 0 spiro atoms. The number of benzene rings is 1. The van der Waals surface area contributed by atoms with Crippen molar-refractivity contribution in [1.82, 2.24) is 0 Å². The molecule has 0 fully saturated rings. The Hall–Kier alpha value is -2.24. The molecule has 0 heterocycles. The summed E-state index contributed by atoms with van der Waals surface area (Å²) in [6.07, 6.45) is -0.774. The van der Waals surface area contributed by atoms with Crippen LogP contribution in [0.2, 0.25) is 0 Å². The fraction of sp³-hybridized carbons (Fsp3) is 0.500. The first-order valence-electron chi connectivity index (χ1n) is 7.04.